The van der Waals surface area contributed by atoms with Gasteiger partial charge in [0.15, 0.2) is 0 Å². The summed E-state index contributed by atoms with van der Waals surface area (Å²) in [6.07, 6.45) is 6.80. The van der Waals surface area contributed by atoms with Crippen LogP contribution in [0.5, 0.6) is 0 Å². The molecule has 0 aliphatic carbocycles. The molecule has 0 saturated heterocycles. The van der Waals surface area contributed by atoms with Crippen LogP contribution in [-0.2, 0) is 20.2 Å². The molecule has 0 bridgehead atoms. The maximum Gasteiger partial charge on any atom is 0.295 e. The Morgan fingerprint density at radius 2 is 0.694 bits per heavy atom. The maximum absolute atomic E-state index is 11.7. The lowest BCUT2D eigenvalue weighted by atomic mass is 9.94. The maximum atomic E-state index is 11.7. The van der Waals surface area contributed by atoms with Crippen molar-refractivity contribution in [3.05, 3.63) is 119 Å². The lowest BCUT2D eigenvalue weighted by Gasteiger charge is -2.11. The summed E-state index contributed by atoms with van der Waals surface area (Å²) in [5.74, 6) is 0. The van der Waals surface area contributed by atoms with Gasteiger partial charge in [0.2, 0.25) is 0 Å². The second-order valence-corrected chi connectivity index (χ2v) is 10.6. The minimum Gasteiger partial charge on any atom is -0.282 e. The minimum absolute atomic E-state index is 0.181. The Bertz CT molecular complexity index is 1560. The van der Waals surface area contributed by atoms with E-state index >= 15 is 0 Å². The predicted molar refractivity (Wildman–Crippen MR) is 142 cm³/mol. The Morgan fingerprint density at radius 1 is 0.417 bits per heavy atom. The molecule has 4 rings (SSSR count). The van der Waals surface area contributed by atoms with Crippen LogP contribution >= 0.6 is 0 Å². The van der Waals surface area contributed by atoms with Crippen molar-refractivity contribution in [3.8, 4) is 11.1 Å². The predicted octanol–water partition coefficient (Wildman–Crippen LogP) is 6.19. The van der Waals surface area contributed by atoms with E-state index in [0.717, 1.165) is 22.3 Å². The van der Waals surface area contributed by atoms with Gasteiger partial charge in [-0.25, -0.2) is 0 Å². The average Bonchev–Trinajstić information content (AvgIpc) is 2.86. The van der Waals surface area contributed by atoms with Gasteiger partial charge in [-0.2, -0.15) is 16.8 Å². The first kappa shape index (κ1) is 25.3. The van der Waals surface area contributed by atoms with E-state index in [4.69, 9.17) is 0 Å². The lowest BCUT2D eigenvalue weighted by molar-refractivity contribution is 0.480. The summed E-state index contributed by atoms with van der Waals surface area (Å²) in [6.45, 7) is 0. The highest BCUT2D eigenvalue weighted by Gasteiger charge is 2.14. The van der Waals surface area contributed by atoms with Crippen LogP contribution in [0.15, 0.2) is 107 Å². The molecule has 4 aromatic carbocycles. The van der Waals surface area contributed by atoms with Gasteiger partial charge in [-0.15, -0.1) is 0 Å². The molecule has 0 amide bonds. The zero-order valence-electron chi connectivity index (χ0n) is 18.9. The van der Waals surface area contributed by atoms with E-state index in [9.17, 15) is 25.9 Å². The topological polar surface area (TPSA) is 109 Å². The van der Waals surface area contributed by atoms with Crippen LogP contribution in [0.1, 0.15) is 22.3 Å². The standard InChI is InChI=1S/C28H22O6S2/c29-35(30,31)27-15-7-3-11-23(27)19-17-21-9-1-5-13-25(21)26-14-6-2-10-22(26)18-20-24-12-4-8-16-28(24)36(32,33)34/h1-20H,(H,29,30,31)(H,32,33,34). The molecule has 0 fully saturated rings. The zero-order chi connectivity index (χ0) is 25.8. The van der Waals surface area contributed by atoms with Gasteiger partial charge in [-0.1, -0.05) is 109 Å². The molecule has 36 heavy (non-hydrogen) atoms. The molecule has 0 saturated carbocycles. The fraction of sp³-hybridized carbons (Fsp3) is 0. The summed E-state index contributed by atoms with van der Waals surface area (Å²) < 4.78 is 66.0. The number of benzene rings is 4. The normalized spacial score (nSPS) is 12.4. The van der Waals surface area contributed by atoms with E-state index in [0.29, 0.717) is 11.1 Å². The highest BCUT2D eigenvalue weighted by atomic mass is 32.2. The molecule has 0 unspecified atom stereocenters. The first-order chi connectivity index (χ1) is 17.1. The molecule has 2 N–H and O–H groups in total. The summed E-state index contributed by atoms with van der Waals surface area (Å²) >= 11 is 0. The molecule has 4 aromatic rings. The molecule has 0 aromatic heterocycles. The van der Waals surface area contributed by atoms with Crippen molar-refractivity contribution in [1.82, 2.24) is 0 Å². The van der Waals surface area contributed by atoms with E-state index < -0.39 is 20.2 Å². The molecule has 0 radical (unpaired) electrons. The Labute approximate surface area is 210 Å². The average molecular weight is 519 g/mol. The van der Waals surface area contributed by atoms with Crippen LogP contribution in [0.25, 0.3) is 35.4 Å². The molecule has 6 nitrogen and oxygen atoms in total. The van der Waals surface area contributed by atoms with Crippen LogP contribution in [0, 0.1) is 0 Å². The van der Waals surface area contributed by atoms with Gasteiger partial charge in [0.05, 0.1) is 0 Å². The Kier molecular flexibility index (Phi) is 7.32. The second kappa shape index (κ2) is 10.4. The van der Waals surface area contributed by atoms with E-state index in [1.807, 2.05) is 48.5 Å². The van der Waals surface area contributed by atoms with Crippen molar-refractivity contribution >= 4 is 44.5 Å². The third kappa shape index (κ3) is 5.87. The van der Waals surface area contributed by atoms with Crippen LogP contribution in [0.4, 0.5) is 0 Å². The van der Waals surface area contributed by atoms with Crippen molar-refractivity contribution in [1.29, 1.82) is 0 Å². The molecule has 8 heteroatoms. The van der Waals surface area contributed by atoms with Gasteiger partial charge in [0, 0.05) is 0 Å². The van der Waals surface area contributed by atoms with Gasteiger partial charge in [0.1, 0.15) is 9.79 Å². The van der Waals surface area contributed by atoms with Crippen molar-refractivity contribution in [3.63, 3.8) is 0 Å². The quantitative estimate of drug-likeness (QED) is 0.223. The molecule has 182 valence electrons. The molecular formula is C28H22O6S2. The number of hydrogen-bond acceptors (Lipinski definition) is 4. The van der Waals surface area contributed by atoms with Crippen molar-refractivity contribution in [2.75, 3.05) is 0 Å². The fourth-order valence-electron chi connectivity index (χ4n) is 3.84. The number of rotatable bonds is 7. The van der Waals surface area contributed by atoms with Gasteiger partial charge in [-0.05, 0) is 45.5 Å². The number of hydrogen-bond donors (Lipinski definition) is 2. The third-order valence-electron chi connectivity index (χ3n) is 5.49. The first-order valence-corrected chi connectivity index (χ1v) is 13.7. The van der Waals surface area contributed by atoms with Crippen LogP contribution in [-0.4, -0.2) is 25.9 Å². The van der Waals surface area contributed by atoms with Crippen LogP contribution in [0.3, 0.4) is 0 Å². The van der Waals surface area contributed by atoms with E-state index in [1.54, 1.807) is 48.6 Å². The molecule has 0 aliphatic heterocycles. The Morgan fingerprint density at radius 3 is 1.06 bits per heavy atom. The highest BCUT2D eigenvalue weighted by Crippen LogP contribution is 2.30. The van der Waals surface area contributed by atoms with E-state index in [2.05, 4.69) is 0 Å². The Balaban J connectivity index is 1.76. The summed E-state index contributed by atoms with van der Waals surface area (Å²) in [7, 11) is -8.75. The molecule has 0 spiro atoms. The smallest absolute Gasteiger partial charge is 0.282 e. The summed E-state index contributed by atoms with van der Waals surface area (Å²) in [4.78, 5) is -0.362. The third-order valence-corrected chi connectivity index (χ3v) is 7.35. The highest BCUT2D eigenvalue weighted by molar-refractivity contribution is 7.86. The zero-order valence-corrected chi connectivity index (χ0v) is 20.5. The minimum atomic E-state index is -4.38. The van der Waals surface area contributed by atoms with Gasteiger partial charge < -0.3 is 0 Å². The molecule has 0 aliphatic rings. The largest absolute Gasteiger partial charge is 0.295 e. The Hall–Kier alpha value is -3.82. The molecule has 0 atom stereocenters. The van der Waals surface area contributed by atoms with Gasteiger partial charge in [0.25, 0.3) is 20.2 Å². The van der Waals surface area contributed by atoms with Crippen LogP contribution in [0.2, 0.25) is 0 Å². The van der Waals surface area contributed by atoms with Crippen molar-refractivity contribution in [2.24, 2.45) is 0 Å². The second-order valence-electron chi connectivity index (χ2n) is 7.87. The summed E-state index contributed by atoms with van der Waals surface area (Å²) in [5, 5.41) is 0. The monoisotopic (exact) mass is 518 g/mol. The van der Waals surface area contributed by atoms with Crippen molar-refractivity contribution < 1.29 is 25.9 Å². The van der Waals surface area contributed by atoms with Gasteiger partial charge in [-0.3, -0.25) is 9.11 Å². The van der Waals surface area contributed by atoms with Crippen molar-refractivity contribution in [2.45, 2.75) is 9.79 Å². The fourth-order valence-corrected chi connectivity index (χ4v) is 5.21. The lowest BCUT2D eigenvalue weighted by Crippen LogP contribution is -2.00. The van der Waals surface area contributed by atoms with Gasteiger partial charge >= 0.3 is 0 Å². The summed E-state index contributed by atoms with van der Waals surface area (Å²) in [5.41, 5.74) is 4.04. The molecule has 0 heterocycles. The summed E-state index contributed by atoms with van der Waals surface area (Å²) in [6, 6.07) is 27.4. The van der Waals surface area contributed by atoms with Crippen LogP contribution < -0.4 is 0 Å². The van der Waals surface area contributed by atoms with E-state index in [-0.39, 0.29) is 9.79 Å². The van der Waals surface area contributed by atoms with E-state index in [1.165, 1.54) is 24.3 Å². The SMILES string of the molecule is O=S(=O)(O)c1ccccc1C=Cc1ccccc1-c1ccccc1C=Cc1ccccc1S(=O)(=O)O. The first-order valence-electron chi connectivity index (χ1n) is 10.8. The molecular weight excluding hydrogens is 496 g/mol.